The van der Waals surface area contributed by atoms with Gasteiger partial charge in [0.15, 0.2) is 5.96 Å². The van der Waals surface area contributed by atoms with Gasteiger partial charge in [0.1, 0.15) is 0 Å². The first-order valence-electron chi connectivity index (χ1n) is 7.37. The van der Waals surface area contributed by atoms with Crippen LogP contribution in [0.3, 0.4) is 0 Å². The number of ether oxygens (including phenoxy) is 1. The summed E-state index contributed by atoms with van der Waals surface area (Å²) in [5, 5.41) is 8.63. The van der Waals surface area contributed by atoms with E-state index in [9.17, 15) is 4.79 Å². The van der Waals surface area contributed by atoms with Crippen molar-refractivity contribution in [1.29, 1.82) is 0 Å². The molecule has 5 nitrogen and oxygen atoms in total. The highest BCUT2D eigenvalue weighted by molar-refractivity contribution is 7.09. The van der Waals surface area contributed by atoms with E-state index in [1.807, 2.05) is 12.1 Å². The fourth-order valence-corrected chi connectivity index (χ4v) is 2.75. The van der Waals surface area contributed by atoms with Crippen molar-refractivity contribution in [2.45, 2.75) is 13.0 Å². The Labute approximate surface area is 140 Å². The van der Waals surface area contributed by atoms with Crippen molar-refractivity contribution in [1.82, 2.24) is 10.6 Å². The van der Waals surface area contributed by atoms with Gasteiger partial charge in [-0.25, -0.2) is 4.79 Å². The molecule has 0 bridgehead atoms. The minimum Gasteiger partial charge on any atom is -0.465 e. The Bertz CT molecular complexity index is 636. The predicted molar refractivity (Wildman–Crippen MR) is 94.0 cm³/mol. The summed E-state index contributed by atoms with van der Waals surface area (Å²) in [4.78, 5) is 16.9. The number of hydrogen-bond donors (Lipinski definition) is 2. The summed E-state index contributed by atoms with van der Waals surface area (Å²) < 4.78 is 4.68. The van der Waals surface area contributed by atoms with E-state index in [0.717, 1.165) is 24.5 Å². The van der Waals surface area contributed by atoms with Crippen molar-refractivity contribution in [3.05, 3.63) is 57.8 Å². The minimum atomic E-state index is -0.324. The molecule has 2 N–H and O–H groups in total. The molecule has 0 atom stereocenters. The van der Waals surface area contributed by atoms with E-state index in [-0.39, 0.29) is 5.97 Å². The Morgan fingerprint density at radius 2 is 2.00 bits per heavy atom. The lowest BCUT2D eigenvalue weighted by molar-refractivity contribution is 0.0600. The lowest BCUT2D eigenvalue weighted by Crippen LogP contribution is -2.37. The number of rotatable bonds is 6. The van der Waals surface area contributed by atoms with Crippen LogP contribution in [0.15, 0.2) is 46.8 Å². The van der Waals surface area contributed by atoms with Gasteiger partial charge in [-0.05, 0) is 35.6 Å². The number of benzene rings is 1. The molecular weight excluding hydrogens is 310 g/mol. The Hall–Kier alpha value is -2.34. The van der Waals surface area contributed by atoms with Crippen molar-refractivity contribution in [3.63, 3.8) is 0 Å². The molecule has 2 rings (SSSR count). The van der Waals surface area contributed by atoms with Crippen LogP contribution in [0.2, 0.25) is 0 Å². The van der Waals surface area contributed by atoms with E-state index in [1.54, 1.807) is 30.5 Å². The number of carbonyl (C=O) groups excluding carboxylic acids is 1. The minimum absolute atomic E-state index is 0.324. The zero-order valence-electron chi connectivity index (χ0n) is 13.3. The number of carbonyl (C=O) groups is 1. The molecule has 0 aliphatic rings. The number of hydrogen-bond acceptors (Lipinski definition) is 4. The quantitative estimate of drug-likeness (QED) is 0.485. The van der Waals surface area contributed by atoms with Crippen molar-refractivity contribution in [3.8, 4) is 0 Å². The van der Waals surface area contributed by atoms with Crippen molar-refractivity contribution >= 4 is 23.3 Å². The maximum absolute atomic E-state index is 11.4. The van der Waals surface area contributed by atoms with E-state index in [4.69, 9.17) is 0 Å². The molecule has 1 aromatic heterocycles. The van der Waals surface area contributed by atoms with Crippen LogP contribution in [0.1, 0.15) is 20.8 Å². The Morgan fingerprint density at radius 1 is 1.22 bits per heavy atom. The monoisotopic (exact) mass is 331 g/mol. The number of nitrogens with zero attached hydrogens (tertiary/aromatic N) is 1. The van der Waals surface area contributed by atoms with Crippen LogP contribution in [-0.2, 0) is 17.7 Å². The van der Waals surface area contributed by atoms with E-state index in [1.165, 1.54) is 12.0 Å². The number of guanidine groups is 1. The number of thiophene rings is 1. The molecule has 0 fully saturated rings. The second kappa shape index (κ2) is 8.95. The summed E-state index contributed by atoms with van der Waals surface area (Å²) in [7, 11) is 3.13. The van der Waals surface area contributed by atoms with Crippen LogP contribution in [0.5, 0.6) is 0 Å². The maximum atomic E-state index is 11.4. The molecule has 6 heteroatoms. The van der Waals surface area contributed by atoms with Crippen molar-refractivity contribution < 1.29 is 9.53 Å². The second-order valence-electron chi connectivity index (χ2n) is 4.87. The van der Waals surface area contributed by atoms with Gasteiger partial charge in [0, 0.05) is 25.0 Å². The van der Waals surface area contributed by atoms with Crippen molar-refractivity contribution in [2.24, 2.45) is 4.99 Å². The number of aliphatic imine (C=N–C) groups is 1. The maximum Gasteiger partial charge on any atom is 0.337 e. The van der Waals surface area contributed by atoms with Crippen LogP contribution < -0.4 is 10.6 Å². The standard InChI is InChI=1S/C17H21N3O2S/c1-18-17(19-10-9-15-4-3-11-23-15)20-12-13-5-7-14(8-6-13)16(21)22-2/h3-8,11H,9-10,12H2,1-2H3,(H2,18,19,20). The Balaban J connectivity index is 1.77. The molecule has 0 saturated carbocycles. The number of methoxy groups -OCH3 is 1. The summed E-state index contributed by atoms with van der Waals surface area (Å²) >= 11 is 1.76. The molecule has 0 spiro atoms. The summed E-state index contributed by atoms with van der Waals surface area (Å²) in [5.74, 6) is 0.439. The molecule has 1 heterocycles. The van der Waals surface area contributed by atoms with Crippen LogP contribution in [0, 0.1) is 0 Å². The number of esters is 1. The highest BCUT2D eigenvalue weighted by Crippen LogP contribution is 2.08. The van der Waals surface area contributed by atoms with E-state index < -0.39 is 0 Å². The Morgan fingerprint density at radius 3 is 2.61 bits per heavy atom. The molecule has 0 aliphatic carbocycles. The summed E-state index contributed by atoms with van der Waals surface area (Å²) in [6, 6.07) is 11.5. The highest BCUT2D eigenvalue weighted by atomic mass is 32.1. The average molecular weight is 331 g/mol. The molecule has 0 saturated heterocycles. The normalized spacial score (nSPS) is 11.1. The molecule has 0 amide bonds. The van der Waals surface area contributed by atoms with E-state index in [2.05, 4.69) is 37.9 Å². The lowest BCUT2D eigenvalue weighted by atomic mass is 10.1. The molecule has 122 valence electrons. The SMILES string of the molecule is CN=C(NCCc1cccs1)NCc1ccc(C(=O)OC)cc1. The van der Waals surface area contributed by atoms with Gasteiger partial charge >= 0.3 is 5.97 Å². The van der Waals surface area contributed by atoms with Gasteiger partial charge in [0.2, 0.25) is 0 Å². The van der Waals surface area contributed by atoms with Gasteiger partial charge in [0.05, 0.1) is 12.7 Å². The zero-order valence-corrected chi connectivity index (χ0v) is 14.2. The number of nitrogens with one attached hydrogen (secondary N) is 2. The highest BCUT2D eigenvalue weighted by Gasteiger charge is 2.04. The zero-order chi connectivity index (χ0) is 16.5. The van der Waals surface area contributed by atoms with Gasteiger partial charge in [-0.3, -0.25) is 4.99 Å². The molecule has 2 aromatic rings. The van der Waals surface area contributed by atoms with Gasteiger partial charge in [0.25, 0.3) is 0 Å². The van der Waals surface area contributed by atoms with Crippen molar-refractivity contribution in [2.75, 3.05) is 20.7 Å². The first-order valence-corrected chi connectivity index (χ1v) is 8.25. The third kappa shape index (κ3) is 5.41. The first-order chi connectivity index (χ1) is 11.2. The second-order valence-corrected chi connectivity index (χ2v) is 5.90. The Kier molecular flexibility index (Phi) is 6.62. The first kappa shape index (κ1) is 17.0. The summed E-state index contributed by atoms with van der Waals surface area (Å²) in [6.45, 7) is 1.47. The third-order valence-electron chi connectivity index (χ3n) is 3.30. The van der Waals surface area contributed by atoms with Gasteiger partial charge in [-0.15, -0.1) is 11.3 Å². The van der Waals surface area contributed by atoms with Gasteiger partial charge < -0.3 is 15.4 Å². The topological polar surface area (TPSA) is 62.7 Å². The van der Waals surface area contributed by atoms with E-state index in [0.29, 0.717) is 12.1 Å². The van der Waals surface area contributed by atoms with Crippen LogP contribution in [0.4, 0.5) is 0 Å². The lowest BCUT2D eigenvalue weighted by Gasteiger charge is -2.11. The summed E-state index contributed by atoms with van der Waals surface area (Å²) in [6.07, 6.45) is 0.978. The molecule has 0 radical (unpaired) electrons. The third-order valence-corrected chi connectivity index (χ3v) is 4.24. The largest absolute Gasteiger partial charge is 0.465 e. The van der Waals surface area contributed by atoms with Crippen LogP contribution >= 0.6 is 11.3 Å². The van der Waals surface area contributed by atoms with E-state index >= 15 is 0 Å². The molecule has 0 aliphatic heterocycles. The molecule has 1 aromatic carbocycles. The molecule has 23 heavy (non-hydrogen) atoms. The molecular formula is C17H21N3O2S. The van der Waals surface area contributed by atoms with Crippen LogP contribution in [-0.4, -0.2) is 32.6 Å². The van der Waals surface area contributed by atoms with Gasteiger partial charge in [-0.1, -0.05) is 18.2 Å². The van der Waals surface area contributed by atoms with Gasteiger partial charge in [-0.2, -0.15) is 0 Å². The molecule has 0 unspecified atom stereocenters. The fraction of sp³-hybridized carbons (Fsp3) is 0.294. The fourth-order valence-electron chi connectivity index (χ4n) is 2.04. The van der Waals surface area contributed by atoms with Crippen LogP contribution in [0.25, 0.3) is 0 Å². The average Bonchev–Trinajstić information content (AvgIpc) is 3.11. The predicted octanol–water partition coefficient (Wildman–Crippen LogP) is 2.44. The summed E-state index contributed by atoms with van der Waals surface area (Å²) in [5.41, 5.74) is 1.62. The smallest absolute Gasteiger partial charge is 0.337 e.